The van der Waals surface area contributed by atoms with Crippen LogP contribution in [0, 0.1) is 0 Å². The van der Waals surface area contributed by atoms with Gasteiger partial charge in [-0.2, -0.15) is 0 Å². The molecule has 2 aromatic carbocycles. The van der Waals surface area contributed by atoms with Gasteiger partial charge in [-0.05, 0) is 35.7 Å². The van der Waals surface area contributed by atoms with E-state index < -0.39 is 0 Å². The van der Waals surface area contributed by atoms with Gasteiger partial charge in [-0.25, -0.2) is 0 Å². The average molecular weight is 345 g/mol. The van der Waals surface area contributed by atoms with E-state index in [9.17, 15) is 0 Å². The van der Waals surface area contributed by atoms with E-state index in [4.69, 9.17) is 9.47 Å². The SMILES string of the molecule is CC1Cc2cc(C(Br)C3Cc4ccccc4O3)ccc2O1. The van der Waals surface area contributed by atoms with Crippen LogP contribution >= 0.6 is 15.9 Å². The summed E-state index contributed by atoms with van der Waals surface area (Å²) < 4.78 is 11.9. The molecule has 0 fully saturated rings. The fourth-order valence-electron chi connectivity index (χ4n) is 3.20. The lowest BCUT2D eigenvalue weighted by Gasteiger charge is -2.18. The van der Waals surface area contributed by atoms with Crippen molar-refractivity contribution in [3.8, 4) is 11.5 Å². The molecule has 0 bridgehead atoms. The molecule has 0 amide bonds. The summed E-state index contributed by atoms with van der Waals surface area (Å²) in [5.74, 6) is 2.05. The van der Waals surface area contributed by atoms with Crippen molar-refractivity contribution in [2.24, 2.45) is 0 Å². The zero-order chi connectivity index (χ0) is 14.4. The van der Waals surface area contributed by atoms with Crippen LogP contribution in [0.15, 0.2) is 42.5 Å². The molecule has 2 aromatic rings. The maximum absolute atomic E-state index is 6.09. The second-order valence-electron chi connectivity index (χ2n) is 5.87. The van der Waals surface area contributed by atoms with Gasteiger partial charge >= 0.3 is 0 Å². The molecular weight excluding hydrogens is 328 g/mol. The highest BCUT2D eigenvalue weighted by atomic mass is 79.9. The lowest BCUT2D eigenvalue weighted by molar-refractivity contribution is 0.231. The van der Waals surface area contributed by atoms with Crippen molar-refractivity contribution >= 4 is 15.9 Å². The summed E-state index contributed by atoms with van der Waals surface area (Å²) >= 11 is 3.83. The van der Waals surface area contributed by atoms with Crippen LogP contribution in [0.1, 0.15) is 28.4 Å². The number of hydrogen-bond acceptors (Lipinski definition) is 2. The molecule has 0 N–H and O–H groups in total. The molecule has 3 atom stereocenters. The monoisotopic (exact) mass is 344 g/mol. The van der Waals surface area contributed by atoms with Crippen molar-refractivity contribution in [1.82, 2.24) is 0 Å². The maximum atomic E-state index is 6.09. The summed E-state index contributed by atoms with van der Waals surface area (Å²) in [7, 11) is 0. The van der Waals surface area contributed by atoms with Gasteiger partial charge in [0.05, 0.1) is 4.83 Å². The Morgan fingerprint density at radius 1 is 1.00 bits per heavy atom. The zero-order valence-electron chi connectivity index (χ0n) is 11.9. The zero-order valence-corrected chi connectivity index (χ0v) is 13.5. The predicted molar refractivity (Wildman–Crippen MR) is 86.5 cm³/mol. The molecule has 0 aliphatic carbocycles. The summed E-state index contributed by atoms with van der Waals surface area (Å²) in [5.41, 5.74) is 3.87. The first kappa shape index (κ1) is 13.2. The van der Waals surface area contributed by atoms with Crippen molar-refractivity contribution in [1.29, 1.82) is 0 Å². The van der Waals surface area contributed by atoms with Gasteiger partial charge in [0.25, 0.3) is 0 Å². The Bertz CT molecular complexity index is 658. The van der Waals surface area contributed by atoms with Gasteiger partial charge in [0.15, 0.2) is 0 Å². The van der Waals surface area contributed by atoms with Crippen molar-refractivity contribution < 1.29 is 9.47 Å². The fourth-order valence-corrected chi connectivity index (χ4v) is 3.78. The van der Waals surface area contributed by atoms with E-state index in [1.54, 1.807) is 0 Å². The minimum absolute atomic E-state index is 0.153. The molecule has 2 nitrogen and oxygen atoms in total. The van der Waals surface area contributed by atoms with Crippen LogP contribution in [0.25, 0.3) is 0 Å². The standard InChI is InChI=1S/C18H17BrO2/c1-11-8-14-9-13(6-7-16(14)20-11)18(19)17-10-12-4-2-3-5-15(12)21-17/h2-7,9,11,17-18H,8,10H2,1H3. The quantitative estimate of drug-likeness (QED) is 0.749. The van der Waals surface area contributed by atoms with Crippen LogP contribution in [0.3, 0.4) is 0 Å². The largest absolute Gasteiger partial charge is 0.490 e. The topological polar surface area (TPSA) is 18.5 Å². The number of ether oxygens (including phenoxy) is 2. The number of alkyl halides is 1. The Labute approximate surface area is 133 Å². The van der Waals surface area contributed by atoms with E-state index in [1.807, 2.05) is 12.1 Å². The van der Waals surface area contributed by atoms with Gasteiger partial charge in [0.1, 0.15) is 23.7 Å². The maximum Gasteiger partial charge on any atom is 0.123 e. The number of para-hydroxylation sites is 1. The third-order valence-electron chi connectivity index (χ3n) is 4.24. The van der Waals surface area contributed by atoms with Crippen LogP contribution in [0.2, 0.25) is 0 Å². The molecule has 2 aliphatic heterocycles. The molecule has 2 heterocycles. The van der Waals surface area contributed by atoms with Gasteiger partial charge in [-0.1, -0.05) is 46.3 Å². The van der Waals surface area contributed by atoms with Crippen LogP contribution in [0.5, 0.6) is 11.5 Å². The van der Waals surface area contributed by atoms with E-state index >= 15 is 0 Å². The smallest absolute Gasteiger partial charge is 0.123 e. The molecule has 0 radical (unpaired) electrons. The summed E-state index contributed by atoms with van der Waals surface area (Å²) in [6, 6.07) is 14.8. The molecule has 21 heavy (non-hydrogen) atoms. The minimum atomic E-state index is 0.153. The molecule has 0 saturated heterocycles. The van der Waals surface area contributed by atoms with Crippen molar-refractivity contribution in [2.45, 2.75) is 36.8 Å². The minimum Gasteiger partial charge on any atom is -0.490 e. The first-order chi connectivity index (χ1) is 10.2. The molecule has 0 saturated carbocycles. The van der Waals surface area contributed by atoms with Gasteiger partial charge in [-0.3, -0.25) is 0 Å². The van der Waals surface area contributed by atoms with E-state index in [0.717, 1.165) is 24.3 Å². The molecule has 4 rings (SSSR count). The molecule has 3 unspecified atom stereocenters. The van der Waals surface area contributed by atoms with Gasteiger partial charge < -0.3 is 9.47 Å². The van der Waals surface area contributed by atoms with Crippen LogP contribution in [-0.4, -0.2) is 12.2 Å². The fraction of sp³-hybridized carbons (Fsp3) is 0.333. The van der Waals surface area contributed by atoms with Crippen LogP contribution < -0.4 is 9.47 Å². The number of halogens is 1. The third kappa shape index (κ3) is 2.34. The van der Waals surface area contributed by atoms with Crippen molar-refractivity contribution in [2.75, 3.05) is 0 Å². The van der Waals surface area contributed by atoms with Gasteiger partial charge in [-0.15, -0.1) is 0 Å². The third-order valence-corrected chi connectivity index (χ3v) is 5.36. The number of hydrogen-bond donors (Lipinski definition) is 0. The molecule has 3 heteroatoms. The number of fused-ring (bicyclic) bond motifs is 2. The Morgan fingerprint density at radius 2 is 1.81 bits per heavy atom. The Morgan fingerprint density at radius 3 is 2.67 bits per heavy atom. The van der Waals surface area contributed by atoms with Gasteiger partial charge in [0, 0.05) is 12.8 Å². The van der Waals surface area contributed by atoms with Crippen LogP contribution in [-0.2, 0) is 12.8 Å². The molecule has 0 spiro atoms. The Kier molecular flexibility index (Phi) is 3.18. The van der Waals surface area contributed by atoms with E-state index in [2.05, 4.69) is 53.2 Å². The van der Waals surface area contributed by atoms with E-state index in [0.29, 0.717) is 0 Å². The van der Waals surface area contributed by atoms with Crippen molar-refractivity contribution in [3.63, 3.8) is 0 Å². The summed E-state index contributed by atoms with van der Waals surface area (Å²) in [6.07, 6.45) is 2.39. The van der Waals surface area contributed by atoms with Crippen LogP contribution in [0.4, 0.5) is 0 Å². The Balaban J connectivity index is 1.57. The molecule has 108 valence electrons. The second-order valence-corrected chi connectivity index (χ2v) is 6.86. The molecule has 2 aliphatic rings. The van der Waals surface area contributed by atoms with E-state index in [1.165, 1.54) is 16.7 Å². The predicted octanol–water partition coefficient (Wildman–Crippen LogP) is 4.45. The lowest BCUT2D eigenvalue weighted by Crippen LogP contribution is -2.19. The number of rotatable bonds is 2. The number of benzene rings is 2. The Hall–Kier alpha value is -1.48. The molecular formula is C18H17BrO2. The highest BCUT2D eigenvalue weighted by molar-refractivity contribution is 9.09. The average Bonchev–Trinajstić information content (AvgIpc) is 3.07. The second kappa shape index (κ2) is 5.06. The normalized spacial score (nSPS) is 23.9. The van der Waals surface area contributed by atoms with E-state index in [-0.39, 0.29) is 17.0 Å². The highest BCUT2D eigenvalue weighted by Gasteiger charge is 2.30. The summed E-state index contributed by atoms with van der Waals surface area (Å²) in [5, 5.41) is 0. The lowest BCUT2D eigenvalue weighted by atomic mass is 10.00. The molecule has 0 aromatic heterocycles. The summed E-state index contributed by atoms with van der Waals surface area (Å²) in [6.45, 7) is 2.11. The first-order valence-corrected chi connectivity index (χ1v) is 8.30. The van der Waals surface area contributed by atoms with Crippen molar-refractivity contribution in [3.05, 3.63) is 59.2 Å². The summed E-state index contributed by atoms with van der Waals surface area (Å²) in [4.78, 5) is 0.200. The highest BCUT2D eigenvalue weighted by Crippen LogP contribution is 2.40. The first-order valence-electron chi connectivity index (χ1n) is 7.39. The van der Waals surface area contributed by atoms with Gasteiger partial charge in [0.2, 0.25) is 0 Å².